The van der Waals surface area contributed by atoms with E-state index in [1.165, 1.54) is 16.9 Å². The van der Waals surface area contributed by atoms with E-state index >= 15 is 0 Å². The van der Waals surface area contributed by atoms with E-state index in [9.17, 15) is 9.59 Å². The van der Waals surface area contributed by atoms with Crippen molar-refractivity contribution in [3.8, 4) is 11.3 Å². The van der Waals surface area contributed by atoms with Crippen LogP contribution in [0.15, 0.2) is 66.4 Å². The maximum absolute atomic E-state index is 13.1. The summed E-state index contributed by atoms with van der Waals surface area (Å²) >= 11 is 1.41. The lowest BCUT2D eigenvalue weighted by Gasteiger charge is -2.11. The Morgan fingerprint density at radius 3 is 2.89 bits per heavy atom. The molecule has 0 aliphatic heterocycles. The molecule has 0 spiro atoms. The molecule has 0 saturated carbocycles. The first-order valence-corrected chi connectivity index (χ1v) is 13.2. The number of urea groups is 1. The Hall–Kier alpha value is -3.58. The molecule has 4 rings (SSSR count). The van der Waals surface area contributed by atoms with Crippen molar-refractivity contribution in [2.45, 2.75) is 46.5 Å². The average Bonchev–Trinajstić information content (AvgIpc) is 3.19. The Morgan fingerprint density at radius 2 is 2.14 bits per heavy atom. The highest BCUT2D eigenvalue weighted by Gasteiger charge is 2.20. The van der Waals surface area contributed by atoms with Gasteiger partial charge in [0.2, 0.25) is 0 Å². The first-order valence-electron chi connectivity index (χ1n) is 12.4. The van der Waals surface area contributed by atoms with Crippen molar-refractivity contribution < 1.29 is 9.59 Å². The monoisotopic (exact) mass is 500 g/mol. The summed E-state index contributed by atoms with van der Waals surface area (Å²) in [6.45, 7) is 6.59. The number of pyridine rings is 1. The number of amides is 2. The number of carbonyl (C=O) groups is 2. The van der Waals surface area contributed by atoms with E-state index in [4.69, 9.17) is 0 Å². The van der Waals surface area contributed by atoms with E-state index in [1.54, 1.807) is 12.3 Å². The molecule has 1 atom stereocenters. The summed E-state index contributed by atoms with van der Waals surface area (Å²) < 4.78 is 0.936. The molecule has 2 amide bonds. The fourth-order valence-corrected chi connectivity index (χ4v) is 5.24. The molecule has 0 radical (unpaired) electrons. The number of nitrogens with zero attached hydrogens (tertiary/aromatic N) is 2. The summed E-state index contributed by atoms with van der Waals surface area (Å²) in [5.41, 5.74) is 5.65. The number of fused-ring (bicyclic) bond motifs is 1. The second-order valence-electron chi connectivity index (χ2n) is 8.95. The summed E-state index contributed by atoms with van der Waals surface area (Å²) in [6, 6.07) is 9.56. The van der Waals surface area contributed by atoms with E-state index < -0.39 is 0 Å². The van der Waals surface area contributed by atoms with Crippen LogP contribution >= 0.6 is 11.3 Å². The number of thiazole rings is 1. The van der Waals surface area contributed by atoms with Crippen LogP contribution in [0.25, 0.3) is 27.0 Å². The lowest BCUT2D eigenvalue weighted by Crippen LogP contribution is -2.28. The number of carbonyl (C=O) groups excluding carboxylic acids is 2. The zero-order chi connectivity index (χ0) is 25.5. The normalized spacial score (nSPS) is 16.1. The maximum Gasteiger partial charge on any atom is 0.321 e. The Balaban J connectivity index is 1.68. The van der Waals surface area contributed by atoms with Gasteiger partial charge in [-0.05, 0) is 87.9 Å². The molecule has 7 heteroatoms. The SMILES string of the molecule is C/C=C(\C)CCCC1CC=CC(c2cc(-c3ccccn3)c3sc(NC(=O)NCC)nc3c2)=CC1=O. The second-order valence-corrected chi connectivity index (χ2v) is 9.95. The van der Waals surface area contributed by atoms with E-state index in [-0.39, 0.29) is 17.7 Å². The standard InChI is InChI=1S/C29H32N4O2S/c1-4-19(3)10-8-11-20-12-9-13-21(18-26(20)34)22-16-23(24-14-6-7-15-31-24)27-25(17-22)32-29(36-27)33-28(35)30-5-2/h4,6-7,9,13-18,20H,5,8,10-12H2,1-3H3,(H2,30,32,33,35)/b19-4+. The molecule has 1 aromatic carbocycles. The van der Waals surface area contributed by atoms with Gasteiger partial charge in [-0.2, -0.15) is 0 Å². The number of hydrogen-bond donors (Lipinski definition) is 2. The molecule has 1 aliphatic carbocycles. The van der Waals surface area contributed by atoms with Gasteiger partial charge in [0.15, 0.2) is 10.9 Å². The summed E-state index contributed by atoms with van der Waals surface area (Å²) in [5.74, 6) is 0.180. The topological polar surface area (TPSA) is 84.0 Å². The maximum atomic E-state index is 13.1. The molecular formula is C29H32N4O2S. The van der Waals surface area contributed by atoms with E-state index in [1.807, 2.05) is 37.3 Å². The third-order valence-corrected chi connectivity index (χ3v) is 7.38. The number of anilines is 1. The minimum atomic E-state index is -0.285. The zero-order valence-corrected chi connectivity index (χ0v) is 21.8. The van der Waals surface area contributed by atoms with Crippen LogP contribution in [0.1, 0.15) is 52.0 Å². The van der Waals surface area contributed by atoms with Gasteiger partial charge in [0.25, 0.3) is 0 Å². The Morgan fingerprint density at radius 1 is 1.28 bits per heavy atom. The summed E-state index contributed by atoms with van der Waals surface area (Å²) in [4.78, 5) is 34.4. The van der Waals surface area contributed by atoms with Gasteiger partial charge in [-0.25, -0.2) is 9.78 Å². The van der Waals surface area contributed by atoms with Gasteiger partial charge in [-0.15, -0.1) is 0 Å². The van der Waals surface area contributed by atoms with Crippen molar-refractivity contribution in [2.24, 2.45) is 5.92 Å². The van der Waals surface area contributed by atoms with Crippen LogP contribution in [-0.4, -0.2) is 28.3 Å². The minimum Gasteiger partial charge on any atom is -0.338 e. The molecule has 2 N–H and O–H groups in total. The second kappa shape index (κ2) is 11.9. The van der Waals surface area contributed by atoms with Crippen molar-refractivity contribution >= 4 is 44.1 Å². The Kier molecular flexibility index (Phi) is 8.44. The van der Waals surface area contributed by atoms with Gasteiger partial charge in [-0.3, -0.25) is 15.1 Å². The van der Waals surface area contributed by atoms with Gasteiger partial charge >= 0.3 is 6.03 Å². The van der Waals surface area contributed by atoms with Crippen LogP contribution in [0.5, 0.6) is 0 Å². The van der Waals surface area contributed by atoms with E-state index in [0.29, 0.717) is 11.7 Å². The number of rotatable bonds is 8. The van der Waals surface area contributed by atoms with Gasteiger partial charge in [0, 0.05) is 24.2 Å². The van der Waals surface area contributed by atoms with Crippen LogP contribution in [0.2, 0.25) is 0 Å². The molecule has 0 bridgehead atoms. The minimum absolute atomic E-state index is 0.00884. The molecule has 0 fully saturated rings. The zero-order valence-electron chi connectivity index (χ0n) is 21.0. The largest absolute Gasteiger partial charge is 0.338 e. The van der Waals surface area contributed by atoms with Crippen LogP contribution < -0.4 is 10.6 Å². The van der Waals surface area contributed by atoms with Crippen LogP contribution in [0, 0.1) is 5.92 Å². The summed E-state index contributed by atoms with van der Waals surface area (Å²) in [5, 5.41) is 6.06. The van der Waals surface area contributed by atoms with Crippen LogP contribution in [0.4, 0.5) is 9.93 Å². The van der Waals surface area contributed by atoms with Crippen LogP contribution in [0.3, 0.4) is 0 Å². The van der Waals surface area contributed by atoms with Gasteiger partial charge in [0.1, 0.15) is 0 Å². The molecule has 3 aromatic rings. The average molecular weight is 501 g/mol. The van der Waals surface area contributed by atoms with Crippen molar-refractivity contribution in [1.29, 1.82) is 0 Å². The number of benzene rings is 1. The molecule has 2 heterocycles. The quantitative estimate of drug-likeness (QED) is 0.321. The predicted octanol–water partition coefficient (Wildman–Crippen LogP) is 7.16. The molecule has 1 unspecified atom stereocenters. The van der Waals surface area contributed by atoms with Crippen molar-refractivity contribution in [3.05, 3.63) is 72.0 Å². The third kappa shape index (κ3) is 6.15. The number of aromatic nitrogens is 2. The summed E-state index contributed by atoms with van der Waals surface area (Å²) in [7, 11) is 0. The molecule has 186 valence electrons. The number of hydrogen-bond acceptors (Lipinski definition) is 5. The van der Waals surface area contributed by atoms with E-state index in [2.05, 4.69) is 52.7 Å². The Labute approximate surface area is 216 Å². The van der Waals surface area contributed by atoms with Crippen molar-refractivity contribution in [2.75, 3.05) is 11.9 Å². The lowest BCUT2D eigenvalue weighted by molar-refractivity contribution is -0.118. The Bertz CT molecular complexity index is 1340. The van der Waals surface area contributed by atoms with Gasteiger partial charge in [-0.1, -0.05) is 41.2 Å². The summed E-state index contributed by atoms with van der Waals surface area (Å²) in [6.07, 6.45) is 13.5. The highest BCUT2D eigenvalue weighted by Crippen LogP contribution is 2.38. The fraction of sp³-hybridized carbons (Fsp3) is 0.310. The first-order chi connectivity index (χ1) is 17.5. The predicted molar refractivity (Wildman–Crippen MR) is 149 cm³/mol. The molecule has 2 aromatic heterocycles. The fourth-order valence-electron chi connectivity index (χ4n) is 4.27. The molecule has 0 saturated heterocycles. The van der Waals surface area contributed by atoms with E-state index in [0.717, 1.165) is 58.3 Å². The smallest absolute Gasteiger partial charge is 0.321 e. The molecule has 6 nitrogen and oxygen atoms in total. The van der Waals surface area contributed by atoms with Crippen molar-refractivity contribution in [1.82, 2.24) is 15.3 Å². The lowest BCUT2D eigenvalue weighted by atomic mass is 9.93. The van der Waals surface area contributed by atoms with Gasteiger partial charge in [0.05, 0.1) is 15.9 Å². The highest BCUT2D eigenvalue weighted by atomic mass is 32.1. The van der Waals surface area contributed by atoms with Crippen LogP contribution in [-0.2, 0) is 4.79 Å². The molecule has 1 aliphatic rings. The number of ketones is 1. The molecular weight excluding hydrogens is 468 g/mol. The van der Waals surface area contributed by atoms with Crippen molar-refractivity contribution in [3.63, 3.8) is 0 Å². The van der Waals surface area contributed by atoms with Gasteiger partial charge < -0.3 is 5.32 Å². The first kappa shape index (κ1) is 25.5. The highest BCUT2D eigenvalue weighted by molar-refractivity contribution is 7.22. The number of allylic oxidation sites excluding steroid dienone is 6. The molecule has 36 heavy (non-hydrogen) atoms. The number of nitrogens with one attached hydrogen (secondary N) is 2. The third-order valence-electron chi connectivity index (χ3n) is 6.36.